The van der Waals surface area contributed by atoms with Gasteiger partial charge in [0, 0.05) is 0 Å². The molecule has 0 bridgehead atoms. The van der Waals surface area contributed by atoms with Crippen molar-refractivity contribution in [3.63, 3.8) is 0 Å². The van der Waals surface area contributed by atoms with Crippen molar-refractivity contribution in [3.8, 4) is 0 Å². The predicted molar refractivity (Wildman–Crippen MR) is 65.7 cm³/mol. The van der Waals surface area contributed by atoms with E-state index in [0.717, 1.165) is 0 Å². The van der Waals surface area contributed by atoms with Gasteiger partial charge in [0.25, 0.3) is 0 Å². The molecule has 0 radical (unpaired) electrons. The van der Waals surface area contributed by atoms with Crippen molar-refractivity contribution in [2.75, 3.05) is 0 Å². The first kappa shape index (κ1) is 12.5. The van der Waals surface area contributed by atoms with Crippen molar-refractivity contribution < 1.29 is 5.11 Å². The highest BCUT2D eigenvalue weighted by Gasteiger charge is 2.24. The summed E-state index contributed by atoms with van der Waals surface area (Å²) in [4.78, 5) is 0. The Morgan fingerprint density at radius 1 is 1.27 bits per heavy atom. The largest absolute Gasteiger partial charge is 0.388 e. The molecule has 1 heteroatoms. The number of hydrogen-bond acceptors (Lipinski definition) is 1. The van der Waals surface area contributed by atoms with Gasteiger partial charge in [-0.15, -0.1) is 0 Å². The molecule has 0 unspecified atom stereocenters. The molecule has 1 saturated carbocycles. The van der Waals surface area contributed by atoms with E-state index in [1.807, 2.05) is 12.2 Å². The zero-order valence-corrected chi connectivity index (χ0v) is 10.1. The van der Waals surface area contributed by atoms with Gasteiger partial charge in [0.05, 0.1) is 6.10 Å². The molecule has 0 aromatic rings. The zero-order chi connectivity index (χ0) is 11.3. The highest BCUT2D eigenvalue weighted by atomic mass is 16.3. The molecule has 0 spiro atoms. The van der Waals surface area contributed by atoms with Gasteiger partial charge in [-0.2, -0.15) is 0 Å². The van der Waals surface area contributed by atoms with E-state index in [0.29, 0.717) is 11.8 Å². The van der Waals surface area contributed by atoms with Crippen molar-refractivity contribution in [2.45, 2.75) is 52.1 Å². The summed E-state index contributed by atoms with van der Waals surface area (Å²) in [5.41, 5.74) is 1.21. The van der Waals surface area contributed by atoms with Crippen LogP contribution in [0.15, 0.2) is 24.3 Å². The first-order valence-electron chi connectivity index (χ1n) is 6.17. The van der Waals surface area contributed by atoms with E-state index in [1.54, 1.807) is 0 Å². The third-order valence-corrected chi connectivity index (χ3v) is 3.36. The lowest BCUT2D eigenvalue weighted by atomic mass is 9.79. The number of aliphatic hydroxyl groups is 1. The molecule has 1 aliphatic rings. The number of rotatable bonds is 4. The second-order valence-corrected chi connectivity index (χ2v) is 4.93. The molecule has 0 aliphatic heterocycles. The summed E-state index contributed by atoms with van der Waals surface area (Å²) in [7, 11) is 0. The Morgan fingerprint density at radius 2 is 1.87 bits per heavy atom. The maximum atomic E-state index is 10.2. The molecule has 0 saturated heterocycles. The first-order chi connectivity index (χ1) is 7.16. The Balaban J connectivity index is 2.72. The molecule has 1 aliphatic carbocycles. The van der Waals surface area contributed by atoms with Crippen LogP contribution in [0.25, 0.3) is 0 Å². The van der Waals surface area contributed by atoms with Crippen molar-refractivity contribution in [2.24, 2.45) is 11.8 Å². The van der Waals surface area contributed by atoms with E-state index in [-0.39, 0.29) is 6.10 Å². The summed E-state index contributed by atoms with van der Waals surface area (Å²) in [6, 6.07) is 0. The number of allylic oxidation sites excluding steroid dienone is 2. The third kappa shape index (κ3) is 3.49. The third-order valence-electron chi connectivity index (χ3n) is 3.36. The molecule has 15 heavy (non-hydrogen) atoms. The lowest BCUT2D eigenvalue weighted by Crippen LogP contribution is -2.24. The Hall–Kier alpha value is -0.560. The zero-order valence-electron chi connectivity index (χ0n) is 10.1. The topological polar surface area (TPSA) is 20.2 Å². The minimum absolute atomic E-state index is 0.286. The number of hydrogen-bond donors (Lipinski definition) is 1. The van der Waals surface area contributed by atoms with E-state index < -0.39 is 0 Å². The smallest absolute Gasteiger partial charge is 0.0778 e. The standard InChI is InChI=1S/C14H24O/c1-4-8-13(14(15)11(2)3)12-9-6-5-7-10-12/h4,8,11-12,14-15H,1,5-7,9-10H2,2-3H3/b13-8+/t14-/m0/s1. The quantitative estimate of drug-likeness (QED) is 0.698. The lowest BCUT2D eigenvalue weighted by molar-refractivity contribution is 0.142. The van der Waals surface area contributed by atoms with Gasteiger partial charge in [-0.3, -0.25) is 0 Å². The molecule has 1 N–H and O–H groups in total. The van der Waals surface area contributed by atoms with Crippen LogP contribution >= 0.6 is 0 Å². The molecule has 86 valence electrons. The molecular formula is C14H24O. The normalized spacial score (nSPS) is 21.7. The van der Waals surface area contributed by atoms with Crippen LogP contribution in [-0.2, 0) is 0 Å². The summed E-state index contributed by atoms with van der Waals surface area (Å²) in [6.45, 7) is 7.90. The fourth-order valence-electron chi connectivity index (χ4n) is 2.43. The molecule has 1 nitrogen and oxygen atoms in total. The van der Waals surface area contributed by atoms with Crippen LogP contribution in [0.2, 0.25) is 0 Å². The molecule has 1 rings (SSSR count). The minimum Gasteiger partial charge on any atom is -0.388 e. The summed E-state index contributed by atoms with van der Waals surface area (Å²) in [5.74, 6) is 0.896. The van der Waals surface area contributed by atoms with Gasteiger partial charge in [0.1, 0.15) is 0 Å². The summed E-state index contributed by atoms with van der Waals surface area (Å²) < 4.78 is 0. The van der Waals surface area contributed by atoms with Crippen LogP contribution in [-0.4, -0.2) is 11.2 Å². The molecule has 0 heterocycles. The maximum Gasteiger partial charge on any atom is 0.0778 e. The van der Waals surface area contributed by atoms with Crippen molar-refractivity contribution in [1.29, 1.82) is 0 Å². The van der Waals surface area contributed by atoms with E-state index >= 15 is 0 Å². The van der Waals surface area contributed by atoms with E-state index in [1.165, 1.54) is 37.7 Å². The Bertz CT molecular complexity index is 221. The average Bonchev–Trinajstić information content (AvgIpc) is 2.26. The van der Waals surface area contributed by atoms with Crippen LogP contribution in [0.4, 0.5) is 0 Å². The number of aliphatic hydroxyl groups excluding tert-OH is 1. The fourth-order valence-corrected chi connectivity index (χ4v) is 2.43. The molecule has 1 atom stereocenters. The first-order valence-corrected chi connectivity index (χ1v) is 6.17. The van der Waals surface area contributed by atoms with Crippen LogP contribution < -0.4 is 0 Å². The van der Waals surface area contributed by atoms with Crippen LogP contribution in [0.1, 0.15) is 46.0 Å². The summed E-state index contributed by atoms with van der Waals surface area (Å²) >= 11 is 0. The Labute approximate surface area is 93.9 Å². The van der Waals surface area contributed by atoms with Gasteiger partial charge in [-0.1, -0.05) is 51.8 Å². The fraction of sp³-hybridized carbons (Fsp3) is 0.714. The van der Waals surface area contributed by atoms with Gasteiger partial charge >= 0.3 is 0 Å². The van der Waals surface area contributed by atoms with Crippen LogP contribution in [0, 0.1) is 11.8 Å². The molecule has 0 amide bonds. The lowest BCUT2D eigenvalue weighted by Gasteiger charge is -2.29. The van der Waals surface area contributed by atoms with E-state index in [2.05, 4.69) is 20.4 Å². The van der Waals surface area contributed by atoms with E-state index in [9.17, 15) is 5.11 Å². The minimum atomic E-state index is -0.286. The SMILES string of the molecule is C=C/C=C(\C1CCCCC1)[C@@H](O)C(C)C. The Morgan fingerprint density at radius 3 is 2.33 bits per heavy atom. The van der Waals surface area contributed by atoms with Gasteiger partial charge in [-0.05, 0) is 30.3 Å². The van der Waals surface area contributed by atoms with Crippen LogP contribution in [0.5, 0.6) is 0 Å². The molecule has 0 aromatic heterocycles. The van der Waals surface area contributed by atoms with Crippen molar-refractivity contribution in [1.82, 2.24) is 0 Å². The maximum absolute atomic E-state index is 10.2. The average molecular weight is 208 g/mol. The molecule has 0 aromatic carbocycles. The van der Waals surface area contributed by atoms with Gasteiger partial charge in [0.15, 0.2) is 0 Å². The van der Waals surface area contributed by atoms with E-state index in [4.69, 9.17) is 0 Å². The van der Waals surface area contributed by atoms with Gasteiger partial charge < -0.3 is 5.11 Å². The van der Waals surface area contributed by atoms with Crippen LogP contribution in [0.3, 0.4) is 0 Å². The van der Waals surface area contributed by atoms with Crippen molar-refractivity contribution >= 4 is 0 Å². The molecular weight excluding hydrogens is 184 g/mol. The van der Waals surface area contributed by atoms with Crippen molar-refractivity contribution in [3.05, 3.63) is 24.3 Å². The van der Waals surface area contributed by atoms with Gasteiger partial charge in [0.2, 0.25) is 0 Å². The predicted octanol–water partition coefficient (Wildman–Crippen LogP) is 3.70. The second-order valence-electron chi connectivity index (χ2n) is 4.93. The summed E-state index contributed by atoms with van der Waals surface area (Å²) in [5, 5.41) is 10.2. The second kappa shape index (κ2) is 6.12. The Kier molecular flexibility index (Phi) is 5.10. The highest BCUT2D eigenvalue weighted by molar-refractivity contribution is 5.19. The monoisotopic (exact) mass is 208 g/mol. The van der Waals surface area contributed by atoms with Gasteiger partial charge in [-0.25, -0.2) is 0 Å². The summed E-state index contributed by atoms with van der Waals surface area (Å²) in [6.07, 6.45) is 10.0. The molecule has 1 fully saturated rings. The highest BCUT2D eigenvalue weighted by Crippen LogP contribution is 2.33.